The van der Waals surface area contributed by atoms with Gasteiger partial charge in [-0.25, -0.2) is 0 Å². The fraction of sp³-hybridized carbons (Fsp3) is 0.375. The topological polar surface area (TPSA) is 40.5 Å². The van der Waals surface area contributed by atoms with Gasteiger partial charge in [-0.1, -0.05) is 36.4 Å². The molecule has 3 aromatic rings. The highest BCUT2D eigenvalue weighted by molar-refractivity contribution is 5.98. The summed E-state index contributed by atoms with van der Waals surface area (Å²) in [5.74, 6) is 0.198. The highest BCUT2D eigenvalue weighted by Crippen LogP contribution is 2.31. The molecule has 5 nitrogen and oxygen atoms in total. The Kier molecular flexibility index (Phi) is 4.86. The van der Waals surface area contributed by atoms with Crippen molar-refractivity contribution in [2.24, 2.45) is 7.05 Å². The minimum absolute atomic E-state index is 0.198. The number of amides is 1. The zero-order valence-electron chi connectivity index (χ0n) is 17.0. The molecule has 29 heavy (non-hydrogen) atoms. The van der Waals surface area contributed by atoms with Crippen molar-refractivity contribution in [1.29, 1.82) is 0 Å². The predicted octanol–water partition coefficient (Wildman–Crippen LogP) is 2.72. The lowest BCUT2D eigenvalue weighted by molar-refractivity contribution is -0.121. The molecule has 150 valence electrons. The highest BCUT2D eigenvalue weighted by Gasteiger charge is 2.26. The first-order valence-corrected chi connectivity index (χ1v) is 10.6. The Morgan fingerprint density at radius 2 is 1.93 bits per heavy atom. The van der Waals surface area contributed by atoms with Crippen LogP contribution in [-0.4, -0.2) is 48.1 Å². The number of anilines is 1. The van der Waals surface area contributed by atoms with Crippen molar-refractivity contribution >= 4 is 22.5 Å². The van der Waals surface area contributed by atoms with Crippen LogP contribution in [0.1, 0.15) is 16.8 Å². The van der Waals surface area contributed by atoms with Gasteiger partial charge in [0.05, 0.1) is 12.1 Å². The number of rotatable bonds is 4. The molecule has 0 aliphatic carbocycles. The Hall–Kier alpha value is -2.63. The third-order valence-electron chi connectivity index (χ3n) is 6.44. The van der Waals surface area contributed by atoms with Gasteiger partial charge in [-0.05, 0) is 42.6 Å². The molecule has 2 aromatic carbocycles. The molecule has 0 unspecified atom stereocenters. The van der Waals surface area contributed by atoms with E-state index in [0.717, 1.165) is 51.3 Å². The quantitative estimate of drug-likeness (QED) is 0.747. The van der Waals surface area contributed by atoms with E-state index in [-0.39, 0.29) is 5.91 Å². The number of nitrogens with zero attached hydrogens (tertiary/aromatic N) is 3. The van der Waals surface area contributed by atoms with Crippen molar-refractivity contribution < 1.29 is 4.79 Å². The third kappa shape index (κ3) is 3.45. The largest absolute Gasteiger partial charge is 0.346 e. The average Bonchev–Trinajstić information content (AvgIpc) is 3.05. The first kappa shape index (κ1) is 18.4. The highest BCUT2D eigenvalue weighted by atomic mass is 16.2. The smallest absolute Gasteiger partial charge is 0.241 e. The van der Waals surface area contributed by atoms with Crippen molar-refractivity contribution in [3.05, 3.63) is 65.4 Å². The third-order valence-corrected chi connectivity index (χ3v) is 6.44. The maximum atomic E-state index is 12.9. The minimum Gasteiger partial charge on any atom is -0.346 e. The van der Waals surface area contributed by atoms with Gasteiger partial charge in [0.15, 0.2) is 0 Å². The van der Waals surface area contributed by atoms with E-state index in [0.29, 0.717) is 6.54 Å². The normalized spacial score (nSPS) is 17.7. The Morgan fingerprint density at radius 3 is 2.76 bits per heavy atom. The first-order valence-electron chi connectivity index (χ1n) is 10.6. The Morgan fingerprint density at radius 1 is 1.07 bits per heavy atom. The van der Waals surface area contributed by atoms with Crippen molar-refractivity contribution in [2.75, 3.05) is 37.6 Å². The molecule has 3 heterocycles. The maximum absolute atomic E-state index is 12.9. The zero-order chi connectivity index (χ0) is 19.8. The summed E-state index contributed by atoms with van der Waals surface area (Å²) in [4.78, 5) is 17.1. The van der Waals surface area contributed by atoms with Gasteiger partial charge in [0, 0.05) is 50.0 Å². The van der Waals surface area contributed by atoms with Crippen molar-refractivity contribution in [3.8, 4) is 0 Å². The molecular formula is C24H28N4O. The molecule has 1 N–H and O–H groups in total. The summed E-state index contributed by atoms with van der Waals surface area (Å²) in [6.07, 6.45) is 2.06. The molecule has 0 saturated carbocycles. The Bertz CT molecular complexity index is 1040. The molecule has 1 amide bonds. The predicted molar refractivity (Wildman–Crippen MR) is 117 cm³/mol. The van der Waals surface area contributed by atoms with Crippen LogP contribution in [0, 0.1) is 0 Å². The van der Waals surface area contributed by atoms with Crippen LogP contribution in [0.25, 0.3) is 10.9 Å². The van der Waals surface area contributed by atoms with Crippen LogP contribution in [0.15, 0.2) is 48.5 Å². The zero-order valence-corrected chi connectivity index (χ0v) is 17.0. The molecule has 1 aromatic heterocycles. The van der Waals surface area contributed by atoms with E-state index < -0.39 is 0 Å². The lowest BCUT2D eigenvalue weighted by Crippen LogP contribution is -2.50. The van der Waals surface area contributed by atoms with Gasteiger partial charge in [0.1, 0.15) is 0 Å². The van der Waals surface area contributed by atoms with Crippen molar-refractivity contribution in [3.63, 3.8) is 0 Å². The van der Waals surface area contributed by atoms with Gasteiger partial charge in [-0.15, -0.1) is 0 Å². The monoisotopic (exact) mass is 388 g/mol. The molecular weight excluding hydrogens is 360 g/mol. The van der Waals surface area contributed by atoms with Crippen LogP contribution >= 0.6 is 0 Å². The fourth-order valence-corrected chi connectivity index (χ4v) is 4.77. The molecule has 1 fully saturated rings. The van der Waals surface area contributed by atoms with E-state index in [2.05, 4.69) is 64.3 Å². The summed E-state index contributed by atoms with van der Waals surface area (Å²) in [6.45, 7) is 5.07. The number of hydrogen-bond acceptors (Lipinski definition) is 3. The van der Waals surface area contributed by atoms with Gasteiger partial charge in [0.25, 0.3) is 0 Å². The summed E-state index contributed by atoms with van der Waals surface area (Å²) >= 11 is 0. The number of piperazine rings is 1. The van der Waals surface area contributed by atoms with Crippen molar-refractivity contribution in [1.82, 2.24) is 14.8 Å². The SMILES string of the molecule is Cn1c2c(c3ccc(N4CCN(CCc5ccccc5)CC4=O)cc31)CCNC2. The van der Waals surface area contributed by atoms with E-state index in [1.165, 1.54) is 27.7 Å². The molecule has 2 aliphatic rings. The number of aromatic nitrogens is 1. The number of carbonyl (C=O) groups excluding carboxylic acids is 1. The molecule has 5 heteroatoms. The fourth-order valence-electron chi connectivity index (χ4n) is 4.77. The first-order chi connectivity index (χ1) is 14.2. The van der Waals surface area contributed by atoms with Gasteiger partial charge in [-0.3, -0.25) is 9.69 Å². The summed E-state index contributed by atoms with van der Waals surface area (Å²) in [6, 6.07) is 17.0. The Balaban J connectivity index is 1.31. The van der Waals surface area contributed by atoms with Crippen LogP contribution in [0.3, 0.4) is 0 Å². The summed E-state index contributed by atoms with van der Waals surface area (Å²) in [5.41, 5.74) is 6.42. The standard InChI is InChI=1S/C24H28N4O/c1-26-22-15-19(7-8-20(22)21-9-11-25-16-23(21)26)28-14-13-27(17-24(28)29)12-10-18-5-3-2-4-6-18/h2-8,15,25H,9-14,16-17H2,1H3. The number of benzene rings is 2. The molecule has 0 atom stereocenters. The van der Waals surface area contributed by atoms with Gasteiger partial charge in [0.2, 0.25) is 5.91 Å². The van der Waals surface area contributed by atoms with Crippen molar-refractivity contribution in [2.45, 2.75) is 19.4 Å². The van der Waals surface area contributed by atoms with Crippen LogP contribution < -0.4 is 10.2 Å². The Labute approximate surface area is 171 Å². The summed E-state index contributed by atoms with van der Waals surface area (Å²) in [7, 11) is 2.14. The molecule has 2 aliphatic heterocycles. The van der Waals surface area contributed by atoms with Gasteiger partial charge < -0.3 is 14.8 Å². The second-order valence-corrected chi connectivity index (χ2v) is 8.17. The minimum atomic E-state index is 0.198. The van der Waals surface area contributed by atoms with E-state index >= 15 is 0 Å². The van der Waals surface area contributed by atoms with Crippen LogP contribution in [0.2, 0.25) is 0 Å². The van der Waals surface area contributed by atoms with E-state index in [4.69, 9.17) is 0 Å². The second kappa shape index (κ2) is 7.65. The van der Waals surface area contributed by atoms with E-state index in [1.807, 2.05) is 11.0 Å². The maximum Gasteiger partial charge on any atom is 0.241 e. The molecule has 1 saturated heterocycles. The number of fused-ring (bicyclic) bond motifs is 3. The lowest BCUT2D eigenvalue weighted by Gasteiger charge is -2.34. The van der Waals surface area contributed by atoms with Crippen LogP contribution in [-0.2, 0) is 31.2 Å². The van der Waals surface area contributed by atoms with Gasteiger partial charge in [-0.2, -0.15) is 0 Å². The number of hydrogen-bond donors (Lipinski definition) is 1. The second-order valence-electron chi connectivity index (χ2n) is 8.17. The lowest BCUT2D eigenvalue weighted by atomic mass is 10.0. The number of nitrogens with one attached hydrogen (secondary N) is 1. The summed E-state index contributed by atoms with van der Waals surface area (Å²) in [5, 5.41) is 4.80. The van der Waals surface area contributed by atoms with Crippen LogP contribution in [0.5, 0.6) is 0 Å². The summed E-state index contributed by atoms with van der Waals surface area (Å²) < 4.78 is 2.29. The van der Waals surface area contributed by atoms with E-state index in [1.54, 1.807) is 0 Å². The number of carbonyl (C=O) groups is 1. The molecule has 0 radical (unpaired) electrons. The molecule has 0 bridgehead atoms. The molecule has 5 rings (SSSR count). The van der Waals surface area contributed by atoms with Crippen LogP contribution in [0.4, 0.5) is 5.69 Å². The van der Waals surface area contributed by atoms with Gasteiger partial charge >= 0.3 is 0 Å². The number of aryl methyl sites for hydroxylation is 1. The van der Waals surface area contributed by atoms with E-state index in [9.17, 15) is 4.79 Å². The molecule has 0 spiro atoms. The average molecular weight is 389 g/mol.